The summed E-state index contributed by atoms with van der Waals surface area (Å²) < 4.78 is 1.38. The van der Waals surface area contributed by atoms with E-state index in [1.807, 2.05) is 6.07 Å². The predicted octanol–water partition coefficient (Wildman–Crippen LogP) is 1.30. The molecular formula is C9H11BrN4O. The molecule has 2 atom stereocenters. The molecule has 15 heavy (non-hydrogen) atoms. The fourth-order valence-electron chi connectivity index (χ4n) is 1.31. The summed E-state index contributed by atoms with van der Waals surface area (Å²) in [6.45, 7) is 4.14. The number of nitrogens with zero attached hydrogens (tertiary/aromatic N) is 3. The molecule has 2 aromatic rings. The van der Waals surface area contributed by atoms with E-state index in [9.17, 15) is 4.79 Å². The first-order chi connectivity index (χ1) is 7.09. The van der Waals surface area contributed by atoms with Gasteiger partial charge in [0.25, 0.3) is 0 Å². The smallest absolute Gasteiger partial charge is 0.246 e. The van der Waals surface area contributed by atoms with Crippen molar-refractivity contribution in [1.29, 1.82) is 0 Å². The maximum absolute atomic E-state index is 11.2. The maximum Gasteiger partial charge on any atom is 0.348 e. The molecular weight excluding hydrogens is 260 g/mol. The van der Waals surface area contributed by atoms with Crippen molar-refractivity contribution in [3.8, 4) is 0 Å². The van der Waals surface area contributed by atoms with Crippen LogP contribution in [-0.2, 0) is 0 Å². The SMILES string of the molecule is CC(Br)C(C)c1cc2n[nH]c(=O)n2cn1. The van der Waals surface area contributed by atoms with Gasteiger partial charge in [0.05, 0.1) is 0 Å². The number of aromatic nitrogens is 4. The summed E-state index contributed by atoms with van der Waals surface area (Å²) in [5, 5.41) is 6.27. The number of nitrogens with one attached hydrogen (secondary N) is 1. The highest BCUT2D eigenvalue weighted by molar-refractivity contribution is 9.09. The van der Waals surface area contributed by atoms with Crippen LogP contribution in [-0.4, -0.2) is 24.4 Å². The average Bonchev–Trinajstić information content (AvgIpc) is 2.59. The lowest BCUT2D eigenvalue weighted by molar-refractivity contribution is 0.727. The van der Waals surface area contributed by atoms with Crippen molar-refractivity contribution in [2.24, 2.45) is 0 Å². The van der Waals surface area contributed by atoms with Crippen molar-refractivity contribution in [1.82, 2.24) is 19.6 Å². The van der Waals surface area contributed by atoms with Crippen molar-refractivity contribution in [2.45, 2.75) is 24.6 Å². The normalized spacial score (nSPS) is 15.4. The molecule has 80 valence electrons. The molecule has 2 aromatic heterocycles. The minimum atomic E-state index is -0.261. The lowest BCUT2D eigenvalue weighted by atomic mass is 10.1. The van der Waals surface area contributed by atoms with Gasteiger partial charge in [0, 0.05) is 22.5 Å². The molecule has 6 heteroatoms. The van der Waals surface area contributed by atoms with E-state index in [2.05, 4.69) is 45.0 Å². The Hall–Kier alpha value is -1.17. The third kappa shape index (κ3) is 1.81. The van der Waals surface area contributed by atoms with Gasteiger partial charge in [0.15, 0.2) is 5.65 Å². The van der Waals surface area contributed by atoms with E-state index in [0.29, 0.717) is 10.5 Å². The monoisotopic (exact) mass is 270 g/mol. The number of hydrogen-bond donors (Lipinski definition) is 1. The molecule has 2 heterocycles. The van der Waals surface area contributed by atoms with E-state index in [1.165, 1.54) is 10.7 Å². The number of alkyl halides is 1. The molecule has 0 aliphatic rings. The first-order valence-electron chi connectivity index (χ1n) is 4.66. The summed E-state index contributed by atoms with van der Waals surface area (Å²) in [5.74, 6) is 0.279. The van der Waals surface area contributed by atoms with Crippen molar-refractivity contribution in [3.63, 3.8) is 0 Å². The standard InChI is InChI=1S/C9H11BrN4O/c1-5(6(2)10)7-3-8-12-13-9(15)14(8)4-11-7/h3-6H,1-2H3,(H,13,15). The summed E-state index contributed by atoms with van der Waals surface area (Å²) in [4.78, 5) is 15.8. The second-order valence-electron chi connectivity index (χ2n) is 3.54. The van der Waals surface area contributed by atoms with Gasteiger partial charge in [-0.05, 0) is 0 Å². The minimum absolute atomic E-state index is 0.261. The average molecular weight is 271 g/mol. The zero-order valence-electron chi connectivity index (χ0n) is 8.44. The van der Waals surface area contributed by atoms with Crippen LogP contribution in [0.25, 0.3) is 5.65 Å². The molecule has 0 amide bonds. The predicted molar refractivity (Wildman–Crippen MR) is 60.4 cm³/mol. The van der Waals surface area contributed by atoms with Crippen LogP contribution in [0.2, 0.25) is 0 Å². The summed E-state index contributed by atoms with van der Waals surface area (Å²) in [6.07, 6.45) is 1.50. The second-order valence-corrected chi connectivity index (χ2v) is 4.98. The highest BCUT2D eigenvalue weighted by Gasteiger charge is 2.14. The van der Waals surface area contributed by atoms with Gasteiger partial charge in [-0.3, -0.25) is 0 Å². The Kier molecular flexibility index (Phi) is 2.60. The fourth-order valence-corrected chi connectivity index (χ4v) is 1.58. The first-order valence-corrected chi connectivity index (χ1v) is 5.58. The maximum atomic E-state index is 11.2. The second kappa shape index (κ2) is 3.77. The number of H-pyrrole nitrogens is 1. The molecule has 1 N–H and O–H groups in total. The zero-order chi connectivity index (χ0) is 11.0. The Morgan fingerprint density at radius 3 is 2.93 bits per heavy atom. The summed E-state index contributed by atoms with van der Waals surface area (Å²) in [6, 6.07) is 1.82. The Morgan fingerprint density at radius 2 is 2.27 bits per heavy atom. The molecule has 0 bridgehead atoms. The van der Waals surface area contributed by atoms with E-state index in [-0.39, 0.29) is 11.6 Å². The van der Waals surface area contributed by atoms with Crippen LogP contribution in [0.3, 0.4) is 0 Å². The van der Waals surface area contributed by atoms with Gasteiger partial charge in [-0.1, -0.05) is 29.8 Å². The topological polar surface area (TPSA) is 63.0 Å². The molecule has 0 aliphatic heterocycles. The molecule has 0 spiro atoms. The van der Waals surface area contributed by atoms with Crippen molar-refractivity contribution in [3.05, 3.63) is 28.6 Å². The van der Waals surface area contributed by atoms with Crippen LogP contribution in [0.1, 0.15) is 25.5 Å². The quantitative estimate of drug-likeness (QED) is 0.837. The van der Waals surface area contributed by atoms with Crippen molar-refractivity contribution < 1.29 is 0 Å². The number of aromatic amines is 1. The van der Waals surface area contributed by atoms with E-state index in [1.54, 1.807) is 0 Å². The number of fused-ring (bicyclic) bond motifs is 1. The molecule has 0 saturated heterocycles. The molecule has 0 saturated carbocycles. The van der Waals surface area contributed by atoms with Gasteiger partial charge in [-0.25, -0.2) is 19.3 Å². The Morgan fingerprint density at radius 1 is 1.53 bits per heavy atom. The lowest BCUT2D eigenvalue weighted by Crippen LogP contribution is -2.12. The van der Waals surface area contributed by atoms with E-state index in [0.717, 1.165) is 5.69 Å². The number of hydrogen-bond acceptors (Lipinski definition) is 3. The highest BCUT2D eigenvalue weighted by Crippen LogP contribution is 2.22. The molecule has 2 unspecified atom stereocenters. The largest absolute Gasteiger partial charge is 0.348 e. The molecule has 0 fully saturated rings. The van der Waals surface area contributed by atoms with Crippen LogP contribution in [0.4, 0.5) is 0 Å². The Labute approximate surface area is 94.7 Å². The van der Waals surface area contributed by atoms with Crippen molar-refractivity contribution >= 4 is 21.6 Å². The Balaban J connectivity index is 2.52. The molecule has 0 radical (unpaired) electrons. The third-order valence-electron chi connectivity index (χ3n) is 2.49. The van der Waals surface area contributed by atoms with E-state index in [4.69, 9.17) is 0 Å². The van der Waals surface area contributed by atoms with Crippen molar-refractivity contribution in [2.75, 3.05) is 0 Å². The minimum Gasteiger partial charge on any atom is -0.246 e. The van der Waals surface area contributed by atoms with Gasteiger partial charge in [-0.2, -0.15) is 5.10 Å². The fraction of sp³-hybridized carbons (Fsp3) is 0.444. The summed E-state index contributed by atoms with van der Waals surface area (Å²) in [5.41, 5.74) is 1.26. The van der Waals surface area contributed by atoms with E-state index >= 15 is 0 Å². The van der Waals surface area contributed by atoms with Gasteiger partial charge >= 0.3 is 5.69 Å². The number of rotatable bonds is 2. The molecule has 0 aliphatic carbocycles. The van der Waals surface area contributed by atoms with Gasteiger partial charge in [0.2, 0.25) is 0 Å². The van der Waals surface area contributed by atoms with E-state index < -0.39 is 0 Å². The van der Waals surface area contributed by atoms with Crippen LogP contribution in [0, 0.1) is 0 Å². The number of halogens is 1. The lowest BCUT2D eigenvalue weighted by Gasteiger charge is -2.12. The molecule has 0 aromatic carbocycles. The van der Waals surface area contributed by atoms with Gasteiger partial charge < -0.3 is 0 Å². The third-order valence-corrected chi connectivity index (χ3v) is 3.28. The molecule has 5 nitrogen and oxygen atoms in total. The van der Waals surface area contributed by atoms with Crippen LogP contribution < -0.4 is 5.69 Å². The van der Waals surface area contributed by atoms with Gasteiger partial charge in [0.1, 0.15) is 6.33 Å². The van der Waals surface area contributed by atoms with Crippen LogP contribution in [0.15, 0.2) is 17.2 Å². The Bertz CT molecular complexity index is 530. The van der Waals surface area contributed by atoms with Crippen LogP contribution in [0.5, 0.6) is 0 Å². The van der Waals surface area contributed by atoms with Crippen LogP contribution >= 0.6 is 15.9 Å². The summed E-state index contributed by atoms with van der Waals surface area (Å²) >= 11 is 3.51. The highest BCUT2D eigenvalue weighted by atomic mass is 79.9. The summed E-state index contributed by atoms with van der Waals surface area (Å²) in [7, 11) is 0. The first kappa shape index (κ1) is 10.4. The zero-order valence-corrected chi connectivity index (χ0v) is 10.0. The van der Waals surface area contributed by atoms with Gasteiger partial charge in [-0.15, -0.1) is 0 Å². The molecule has 2 rings (SSSR count).